The summed E-state index contributed by atoms with van der Waals surface area (Å²) in [6.07, 6.45) is 4.99. The highest BCUT2D eigenvalue weighted by Gasteiger charge is 2.19. The number of alkyl halides is 2. The lowest BCUT2D eigenvalue weighted by molar-refractivity contribution is 0.450. The van der Waals surface area contributed by atoms with Gasteiger partial charge < -0.3 is 0 Å². The zero-order chi connectivity index (χ0) is 11.3. The molecule has 0 saturated heterocycles. The first-order chi connectivity index (χ1) is 7.13. The largest absolute Gasteiger partial charge is 0.283 e. The van der Waals surface area contributed by atoms with E-state index in [0.717, 1.165) is 19.3 Å². The third kappa shape index (κ3) is 4.56. The van der Waals surface area contributed by atoms with Crippen LogP contribution in [0.4, 0.5) is 0 Å². The summed E-state index contributed by atoms with van der Waals surface area (Å²) in [5.74, 6) is 0.626. The summed E-state index contributed by atoms with van der Waals surface area (Å²) in [5, 5.41) is 7.18. The highest BCUT2D eigenvalue weighted by atomic mass is 79.9. The second kappa shape index (κ2) is 6.54. The molecule has 4 heteroatoms. The fourth-order valence-corrected chi connectivity index (χ4v) is 2.93. The zero-order valence-electron chi connectivity index (χ0n) is 9.21. The summed E-state index contributed by atoms with van der Waals surface area (Å²) >= 11 is 9.78. The van der Waals surface area contributed by atoms with E-state index in [2.05, 4.69) is 40.0 Å². The van der Waals surface area contributed by atoms with Crippen LogP contribution >= 0.6 is 27.5 Å². The number of hydrogen-bond acceptors (Lipinski definition) is 1. The third-order valence-electron chi connectivity index (χ3n) is 2.64. The van der Waals surface area contributed by atoms with Crippen molar-refractivity contribution in [1.29, 1.82) is 0 Å². The van der Waals surface area contributed by atoms with Crippen LogP contribution in [0.1, 0.15) is 32.4 Å². The molecule has 86 valence electrons. The highest BCUT2D eigenvalue weighted by Crippen LogP contribution is 2.26. The molecule has 15 heavy (non-hydrogen) atoms. The minimum atomic E-state index is 0.247. The summed E-state index contributed by atoms with van der Waals surface area (Å²) in [6.45, 7) is 4.27. The van der Waals surface area contributed by atoms with Gasteiger partial charge in [-0.3, -0.25) is 5.10 Å². The summed E-state index contributed by atoms with van der Waals surface area (Å²) < 4.78 is 0. The topological polar surface area (TPSA) is 28.7 Å². The van der Waals surface area contributed by atoms with Crippen LogP contribution in [-0.4, -0.2) is 20.4 Å². The second-order valence-corrected chi connectivity index (χ2v) is 5.91. The van der Waals surface area contributed by atoms with E-state index >= 15 is 0 Å². The van der Waals surface area contributed by atoms with E-state index in [4.69, 9.17) is 11.6 Å². The van der Waals surface area contributed by atoms with E-state index in [-0.39, 0.29) is 5.38 Å². The Balaban J connectivity index is 2.46. The van der Waals surface area contributed by atoms with Gasteiger partial charge in [0.1, 0.15) is 0 Å². The molecule has 0 amide bonds. The van der Waals surface area contributed by atoms with Gasteiger partial charge in [-0.25, -0.2) is 0 Å². The van der Waals surface area contributed by atoms with Gasteiger partial charge in [-0.1, -0.05) is 29.3 Å². The lowest BCUT2D eigenvalue weighted by atomic mass is 9.94. The molecule has 3 atom stereocenters. The van der Waals surface area contributed by atoms with E-state index in [1.807, 2.05) is 6.07 Å². The standard InChI is InChI=1S/C11H18BrClN2/c1-3-9(6-8(2)13)11(12)7-10-4-5-14-15-10/h4-5,8-9,11H,3,6-7H2,1-2H3,(H,14,15). The Labute approximate surface area is 105 Å². The number of hydrogen-bond donors (Lipinski definition) is 1. The summed E-state index contributed by atoms with van der Waals surface area (Å²) in [4.78, 5) is 0.476. The molecule has 0 fully saturated rings. The Hall–Kier alpha value is -0.0200. The van der Waals surface area contributed by atoms with Crippen molar-refractivity contribution in [2.24, 2.45) is 5.92 Å². The summed E-state index contributed by atoms with van der Waals surface area (Å²) in [5.41, 5.74) is 1.18. The first-order valence-corrected chi connectivity index (χ1v) is 6.75. The lowest BCUT2D eigenvalue weighted by Gasteiger charge is -2.21. The molecule has 0 aromatic carbocycles. The monoisotopic (exact) mass is 292 g/mol. The molecule has 0 aliphatic rings. The van der Waals surface area contributed by atoms with E-state index in [1.54, 1.807) is 6.20 Å². The Morgan fingerprint density at radius 3 is 2.80 bits per heavy atom. The first-order valence-electron chi connectivity index (χ1n) is 5.39. The lowest BCUT2D eigenvalue weighted by Crippen LogP contribution is -2.19. The van der Waals surface area contributed by atoms with Gasteiger partial charge in [0, 0.05) is 28.5 Å². The average Bonchev–Trinajstić information content (AvgIpc) is 2.66. The number of aromatic nitrogens is 2. The van der Waals surface area contributed by atoms with Gasteiger partial charge in [0.2, 0.25) is 0 Å². The summed E-state index contributed by atoms with van der Waals surface area (Å²) in [6, 6.07) is 2.02. The first kappa shape index (κ1) is 13.0. The minimum absolute atomic E-state index is 0.247. The number of rotatable bonds is 6. The van der Waals surface area contributed by atoms with Crippen LogP contribution in [0.3, 0.4) is 0 Å². The third-order valence-corrected chi connectivity index (χ3v) is 3.89. The van der Waals surface area contributed by atoms with E-state index < -0.39 is 0 Å². The van der Waals surface area contributed by atoms with Crippen LogP contribution in [0, 0.1) is 5.92 Å². The number of halogens is 2. The molecule has 0 aliphatic heterocycles. The predicted octanol–water partition coefficient (Wildman–Crippen LogP) is 3.76. The molecule has 0 spiro atoms. The van der Waals surface area contributed by atoms with Crippen LogP contribution in [0.2, 0.25) is 0 Å². The SMILES string of the molecule is CCC(CC(C)Cl)C(Br)Cc1ccn[nH]1. The molecule has 0 bridgehead atoms. The van der Waals surface area contributed by atoms with Crippen LogP contribution in [-0.2, 0) is 6.42 Å². The Morgan fingerprint density at radius 2 is 2.33 bits per heavy atom. The van der Waals surface area contributed by atoms with Crippen molar-refractivity contribution < 1.29 is 0 Å². The maximum atomic E-state index is 6.04. The molecule has 1 N–H and O–H groups in total. The minimum Gasteiger partial charge on any atom is -0.283 e. The normalized spacial score (nSPS) is 17.3. The van der Waals surface area contributed by atoms with E-state index in [1.165, 1.54) is 5.69 Å². The van der Waals surface area contributed by atoms with Gasteiger partial charge >= 0.3 is 0 Å². The van der Waals surface area contributed by atoms with Gasteiger partial charge in [-0.05, 0) is 25.3 Å². The van der Waals surface area contributed by atoms with Crippen molar-refractivity contribution in [3.8, 4) is 0 Å². The molecule has 0 aliphatic carbocycles. The van der Waals surface area contributed by atoms with Crippen LogP contribution < -0.4 is 0 Å². The maximum absolute atomic E-state index is 6.04. The van der Waals surface area contributed by atoms with Crippen molar-refractivity contribution in [3.63, 3.8) is 0 Å². The fourth-order valence-electron chi connectivity index (χ4n) is 1.76. The fraction of sp³-hybridized carbons (Fsp3) is 0.727. The van der Waals surface area contributed by atoms with E-state index in [0.29, 0.717) is 10.7 Å². The molecule has 0 radical (unpaired) electrons. The molecule has 2 nitrogen and oxygen atoms in total. The van der Waals surface area contributed by atoms with Crippen molar-refractivity contribution >= 4 is 27.5 Å². The predicted molar refractivity (Wildman–Crippen MR) is 68.7 cm³/mol. The molecule has 3 unspecified atom stereocenters. The molecule has 1 aromatic rings. The van der Waals surface area contributed by atoms with Gasteiger partial charge in [0.15, 0.2) is 0 Å². The van der Waals surface area contributed by atoms with E-state index in [9.17, 15) is 0 Å². The van der Waals surface area contributed by atoms with Crippen molar-refractivity contribution in [2.75, 3.05) is 0 Å². The Bertz CT molecular complexity index is 262. The zero-order valence-corrected chi connectivity index (χ0v) is 11.6. The molecule has 1 rings (SSSR count). The molecular weight excluding hydrogens is 275 g/mol. The highest BCUT2D eigenvalue weighted by molar-refractivity contribution is 9.09. The van der Waals surface area contributed by atoms with Crippen molar-refractivity contribution in [2.45, 2.75) is 43.3 Å². The molecule has 0 saturated carbocycles. The van der Waals surface area contributed by atoms with Gasteiger partial charge in [0.25, 0.3) is 0 Å². The summed E-state index contributed by atoms with van der Waals surface area (Å²) in [7, 11) is 0. The molecule has 1 heterocycles. The average molecular weight is 294 g/mol. The Kier molecular flexibility index (Phi) is 5.69. The number of nitrogens with zero attached hydrogens (tertiary/aromatic N) is 1. The number of aromatic amines is 1. The molecule has 1 aromatic heterocycles. The van der Waals surface area contributed by atoms with Gasteiger partial charge in [-0.15, -0.1) is 11.6 Å². The maximum Gasteiger partial charge on any atom is 0.0490 e. The second-order valence-electron chi connectivity index (χ2n) is 3.99. The van der Waals surface area contributed by atoms with Crippen LogP contribution in [0.25, 0.3) is 0 Å². The Morgan fingerprint density at radius 1 is 1.60 bits per heavy atom. The van der Waals surface area contributed by atoms with Crippen molar-refractivity contribution in [1.82, 2.24) is 10.2 Å². The van der Waals surface area contributed by atoms with Crippen LogP contribution in [0.5, 0.6) is 0 Å². The number of H-pyrrole nitrogens is 1. The smallest absolute Gasteiger partial charge is 0.0490 e. The number of nitrogens with one attached hydrogen (secondary N) is 1. The molecular formula is C11H18BrClN2. The quantitative estimate of drug-likeness (QED) is 0.795. The van der Waals surface area contributed by atoms with Crippen molar-refractivity contribution in [3.05, 3.63) is 18.0 Å². The van der Waals surface area contributed by atoms with Gasteiger partial charge in [-0.2, -0.15) is 5.10 Å². The van der Waals surface area contributed by atoms with Gasteiger partial charge in [0.05, 0.1) is 0 Å². The van der Waals surface area contributed by atoms with Crippen LogP contribution in [0.15, 0.2) is 12.3 Å².